The second kappa shape index (κ2) is 7.79. The monoisotopic (exact) mass is 322 g/mol. The number of hydrogen-bond acceptors (Lipinski definition) is 0. The lowest BCUT2D eigenvalue weighted by Crippen LogP contribution is -2.04. The molecule has 3 rings (SSSR count). The molecule has 0 aliphatic heterocycles. The van der Waals surface area contributed by atoms with E-state index in [1.54, 1.807) is 6.07 Å². The third kappa shape index (κ3) is 3.77. The number of rotatable bonds is 5. The van der Waals surface area contributed by atoms with Gasteiger partial charge in [0.1, 0.15) is 5.82 Å². The lowest BCUT2D eigenvalue weighted by molar-refractivity contribution is 0.445. The van der Waals surface area contributed by atoms with Gasteiger partial charge in [0.25, 0.3) is 0 Å². The van der Waals surface area contributed by atoms with Crippen molar-refractivity contribution in [2.45, 2.75) is 52.4 Å². The molecule has 1 aliphatic rings. The van der Waals surface area contributed by atoms with Gasteiger partial charge in [-0.15, -0.1) is 0 Å². The Balaban J connectivity index is 1.75. The zero-order valence-electron chi connectivity index (χ0n) is 14.8. The van der Waals surface area contributed by atoms with E-state index in [0.29, 0.717) is 0 Å². The van der Waals surface area contributed by atoms with Crippen LogP contribution in [0.15, 0.2) is 48.5 Å². The van der Waals surface area contributed by atoms with Gasteiger partial charge in [-0.2, -0.15) is 0 Å². The van der Waals surface area contributed by atoms with E-state index >= 15 is 0 Å². The Bertz CT molecular complexity index is 709. The zero-order chi connectivity index (χ0) is 16.9. The summed E-state index contributed by atoms with van der Waals surface area (Å²) in [4.78, 5) is 0. The molecule has 1 unspecified atom stereocenters. The van der Waals surface area contributed by atoms with E-state index in [1.165, 1.54) is 43.2 Å². The van der Waals surface area contributed by atoms with Crippen LogP contribution in [0.25, 0.3) is 16.7 Å². The largest absolute Gasteiger partial charge is 0.207 e. The van der Waals surface area contributed by atoms with Crippen molar-refractivity contribution in [1.29, 1.82) is 0 Å². The fourth-order valence-electron chi connectivity index (χ4n) is 3.71. The first-order valence-electron chi connectivity index (χ1n) is 9.29. The average molecular weight is 322 g/mol. The van der Waals surface area contributed by atoms with E-state index in [0.717, 1.165) is 29.0 Å². The maximum atomic E-state index is 14.0. The molecule has 0 bridgehead atoms. The molecule has 24 heavy (non-hydrogen) atoms. The highest BCUT2D eigenvalue weighted by Gasteiger charge is 2.14. The van der Waals surface area contributed by atoms with Crippen LogP contribution >= 0.6 is 0 Å². The molecular weight excluding hydrogens is 295 g/mol. The van der Waals surface area contributed by atoms with Crippen LogP contribution in [-0.2, 0) is 6.42 Å². The predicted molar refractivity (Wildman–Crippen MR) is 101 cm³/mol. The summed E-state index contributed by atoms with van der Waals surface area (Å²) in [5.74, 6) is 0.772. The number of allylic oxidation sites excluding steroid dienone is 2. The van der Waals surface area contributed by atoms with Crippen LogP contribution in [0.5, 0.6) is 0 Å². The van der Waals surface area contributed by atoms with Gasteiger partial charge in [-0.1, -0.05) is 69.2 Å². The second-order valence-electron chi connectivity index (χ2n) is 6.90. The van der Waals surface area contributed by atoms with Crippen LogP contribution < -0.4 is 0 Å². The van der Waals surface area contributed by atoms with Crippen LogP contribution in [-0.4, -0.2) is 0 Å². The maximum absolute atomic E-state index is 14.0. The van der Waals surface area contributed by atoms with Gasteiger partial charge < -0.3 is 0 Å². The van der Waals surface area contributed by atoms with Crippen molar-refractivity contribution >= 4 is 5.57 Å². The Morgan fingerprint density at radius 2 is 1.67 bits per heavy atom. The molecule has 1 aliphatic carbocycles. The molecule has 0 fully saturated rings. The van der Waals surface area contributed by atoms with Crippen LogP contribution in [0, 0.1) is 11.7 Å². The number of benzene rings is 2. The van der Waals surface area contributed by atoms with Gasteiger partial charge in [0, 0.05) is 0 Å². The zero-order valence-corrected chi connectivity index (χ0v) is 14.8. The van der Waals surface area contributed by atoms with E-state index in [-0.39, 0.29) is 5.82 Å². The molecule has 0 N–H and O–H groups in total. The number of halogens is 1. The minimum Gasteiger partial charge on any atom is -0.207 e. The summed E-state index contributed by atoms with van der Waals surface area (Å²) < 4.78 is 14.0. The molecule has 0 heterocycles. The molecule has 0 saturated carbocycles. The molecule has 126 valence electrons. The molecule has 0 spiro atoms. The van der Waals surface area contributed by atoms with Gasteiger partial charge in [-0.25, -0.2) is 4.39 Å². The van der Waals surface area contributed by atoms with Gasteiger partial charge >= 0.3 is 0 Å². The Labute approximate surface area is 145 Å². The van der Waals surface area contributed by atoms with Crippen LogP contribution in [0.4, 0.5) is 4.39 Å². The van der Waals surface area contributed by atoms with Gasteiger partial charge in [0.15, 0.2) is 0 Å². The third-order valence-corrected chi connectivity index (χ3v) is 5.24. The van der Waals surface area contributed by atoms with E-state index < -0.39 is 0 Å². The molecule has 0 amide bonds. The maximum Gasteiger partial charge on any atom is 0.127 e. The molecule has 0 aromatic heterocycles. The minimum absolute atomic E-state index is 0.101. The Kier molecular flexibility index (Phi) is 5.50. The lowest BCUT2D eigenvalue weighted by atomic mass is 9.84. The van der Waals surface area contributed by atoms with Crippen molar-refractivity contribution in [1.82, 2.24) is 0 Å². The average Bonchev–Trinajstić information content (AvgIpc) is 2.63. The standard InChI is InChI=1S/C23H27F/c1-3-5-17-6-8-19(9-7-17)20-11-13-21(14-12-20)22-15-10-18(4-2)23(24)16-22/h8,10-17H,3-7,9H2,1-2H3. The summed E-state index contributed by atoms with van der Waals surface area (Å²) in [5, 5.41) is 0. The fourth-order valence-corrected chi connectivity index (χ4v) is 3.71. The summed E-state index contributed by atoms with van der Waals surface area (Å²) in [6, 6.07) is 14.2. The normalized spacial score (nSPS) is 17.6. The van der Waals surface area contributed by atoms with Crippen LogP contribution in [0.2, 0.25) is 0 Å². The van der Waals surface area contributed by atoms with Crippen molar-refractivity contribution in [3.05, 3.63) is 65.5 Å². The van der Waals surface area contributed by atoms with Gasteiger partial charge in [0.05, 0.1) is 0 Å². The van der Waals surface area contributed by atoms with Crippen molar-refractivity contribution in [3.63, 3.8) is 0 Å². The fraction of sp³-hybridized carbons (Fsp3) is 0.391. The first-order chi connectivity index (χ1) is 11.7. The number of aryl methyl sites for hydroxylation is 1. The quantitative estimate of drug-likeness (QED) is 0.554. The van der Waals surface area contributed by atoms with Crippen molar-refractivity contribution in [3.8, 4) is 11.1 Å². The molecule has 0 saturated heterocycles. The highest BCUT2D eigenvalue weighted by molar-refractivity contribution is 5.71. The third-order valence-electron chi connectivity index (χ3n) is 5.24. The van der Waals surface area contributed by atoms with Gasteiger partial charge in [-0.3, -0.25) is 0 Å². The Hall–Kier alpha value is -1.89. The predicted octanol–water partition coefficient (Wildman–Crippen LogP) is 7.04. The molecule has 2 aromatic rings. The highest BCUT2D eigenvalue weighted by atomic mass is 19.1. The summed E-state index contributed by atoms with van der Waals surface area (Å²) in [7, 11) is 0. The van der Waals surface area contributed by atoms with Crippen LogP contribution in [0.1, 0.15) is 57.1 Å². The SMILES string of the molecule is CCCC1CC=C(c2ccc(-c3ccc(CC)c(F)c3)cc2)CC1. The highest BCUT2D eigenvalue weighted by Crippen LogP contribution is 2.33. The number of hydrogen-bond donors (Lipinski definition) is 0. The lowest BCUT2D eigenvalue weighted by Gasteiger charge is -2.21. The van der Waals surface area contributed by atoms with E-state index in [4.69, 9.17) is 0 Å². The Morgan fingerprint density at radius 1 is 0.958 bits per heavy atom. The molecule has 2 aromatic carbocycles. The molecule has 0 radical (unpaired) electrons. The topological polar surface area (TPSA) is 0 Å². The van der Waals surface area contributed by atoms with E-state index in [1.807, 2.05) is 19.1 Å². The summed E-state index contributed by atoms with van der Waals surface area (Å²) >= 11 is 0. The minimum atomic E-state index is -0.101. The summed E-state index contributed by atoms with van der Waals surface area (Å²) in [6.45, 7) is 4.25. The molecule has 0 nitrogen and oxygen atoms in total. The summed E-state index contributed by atoms with van der Waals surface area (Å²) in [5.41, 5.74) is 5.61. The molecule has 1 heteroatoms. The first-order valence-corrected chi connectivity index (χ1v) is 9.29. The second-order valence-corrected chi connectivity index (χ2v) is 6.90. The Morgan fingerprint density at radius 3 is 2.25 bits per heavy atom. The summed E-state index contributed by atoms with van der Waals surface area (Å²) in [6.07, 6.45) is 9.51. The molecule has 1 atom stereocenters. The van der Waals surface area contributed by atoms with Crippen molar-refractivity contribution in [2.24, 2.45) is 5.92 Å². The molecular formula is C23H27F. The van der Waals surface area contributed by atoms with E-state index in [9.17, 15) is 4.39 Å². The van der Waals surface area contributed by atoms with E-state index in [2.05, 4.69) is 37.3 Å². The first kappa shape index (κ1) is 17.0. The van der Waals surface area contributed by atoms with Gasteiger partial charge in [0.2, 0.25) is 0 Å². The van der Waals surface area contributed by atoms with Gasteiger partial charge in [-0.05, 0) is 65.5 Å². The van der Waals surface area contributed by atoms with Crippen LogP contribution in [0.3, 0.4) is 0 Å². The van der Waals surface area contributed by atoms with Crippen molar-refractivity contribution in [2.75, 3.05) is 0 Å². The van der Waals surface area contributed by atoms with Crippen molar-refractivity contribution < 1.29 is 4.39 Å². The smallest absolute Gasteiger partial charge is 0.127 e.